The zero-order valence-electron chi connectivity index (χ0n) is 13.0. The van der Waals surface area contributed by atoms with E-state index in [0.29, 0.717) is 30.4 Å². The summed E-state index contributed by atoms with van der Waals surface area (Å²) in [4.78, 5) is 37.7. The van der Waals surface area contributed by atoms with E-state index in [0.717, 1.165) is 14.7 Å². The van der Waals surface area contributed by atoms with Crippen molar-refractivity contribution in [3.8, 4) is 0 Å². The molecule has 2 saturated heterocycles. The highest BCUT2D eigenvalue weighted by Crippen LogP contribution is 2.20. The second-order valence-electron chi connectivity index (χ2n) is 5.62. The third-order valence-corrected chi connectivity index (χ3v) is 7.42. The molecule has 0 radical (unpaired) electrons. The zero-order valence-corrected chi connectivity index (χ0v) is 14.6. The summed E-state index contributed by atoms with van der Waals surface area (Å²) in [6.07, 6.45) is 0. The molecule has 11 heteroatoms. The van der Waals surface area contributed by atoms with Crippen molar-refractivity contribution in [3.05, 3.63) is 17.5 Å². The van der Waals surface area contributed by atoms with Gasteiger partial charge >= 0.3 is 17.8 Å². The van der Waals surface area contributed by atoms with Crippen molar-refractivity contribution >= 4 is 39.2 Å². The van der Waals surface area contributed by atoms with E-state index in [4.69, 9.17) is 0 Å². The van der Waals surface area contributed by atoms with E-state index in [2.05, 4.69) is 0 Å². The molecule has 0 aromatic carbocycles. The van der Waals surface area contributed by atoms with Gasteiger partial charge in [0.2, 0.25) is 0 Å². The quantitative estimate of drug-likeness (QED) is 0.487. The SMILES string of the molecule is CN1C(=O)C(=O)N(C[NH+]2CCN(S(=O)(=O)c3cccs3)CC2)C1=O. The highest BCUT2D eigenvalue weighted by atomic mass is 32.2. The molecule has 0 unspecified atom stereocenters. The molecule has 2 aliphatic rings. The van der Waals surface area contributed by atoms with Gasteiger partial charge in [-0.15, -0.1) is 11.3 Å². The van der Waals surface area contributed by atoms with Gasteiger partial charge < -0.3 is 4.90 Å². The predicted molar refractivity (Wildman–Crippen MR) is 83.7 cm³/mol. The molecule has 4 amide bonds. The standard InChI is InChI=1S/C13H16N4O5S2/c1-14-11(18)12(19)17(13(14)20)9-15-4-6-16(7-5-15)24(21,22)10-3-2-8-23-10/h2-3,8H,4-7,9H2,1H3/p+1. The van der Waals surface area contributed by atoms with Crippen molar-refractivity contribution < 1.29 is 27.7 Å². The van der Waals surface area contributed by atoms with Crippen molar-refractivity contribution in [1.82, 2.24) is 14.1 Å². The molecule has 1 N–H and O–H groups in total. The first-order valence-corrected chi connectivity index (χ1v) is 9.65. The summed E-state index contributed by atoms with van der Waals surface area (Å²) in [5.41, 5.74) is 0. The molecule has 2 aliphatic heterocycles. The molecule has 24 heavy (non-hydrogen) atoms. The van der Waals surface area contributed by atoms with Gasteiger partial charge in [-0.1, -0.05) is 6.07 Å². The van der Waals surface area contributed by atoms with Crippen LogP contribution >= 0.6 is 11.3 Å². The first kappa shape index (κ1) is 17.0. The van der Waals surface area contributed by atoms with Crippen LogP contribution < -0.4 is 4.90 Å². The van der Waals surface area contributed by atoms with E-state index in [1.54, 1.807) is 17.5 Å². The van der Waals surface area contributed by atoms with Crippen LogP contribution in [0.1, 0.15) is 0 Å². The maximum Gasteiger partial charge on any atom is 0.338 e. The highest BCUT2D eigenvalue weighted by molar-refractivity contribution is 7.91. The fourth-order valence-electron chi connectivity index (χ4n) is 2.72. The van der Waals surface area contributed by atoms with Gasteiger partial charge in [0.05, 0.1) is 26.2 Å². The summed E-state index contributed by atoms with van der Waals surface area (Å²) in [7, 11) is -2.21. The molecule has 0 bridgehead atoms. The summed E-state index contributed by atoms with van der Waals surface area (Å²) in [6.45, 7) is 1.59. The summed E-state index contributed by atoms with van der Waals surface area (Å²) in [5.74, 6) is -1.66. The highest BCUT2D eigenvalue weighted by Gasteiger charge is 2.44. The van der Waals surface area contributed by atoms with Crippen molar-refractivity contribution in [2.75, 3.05) is 39.9 Å². The number of likely N-dealkylation sites (N-methyl/N-ethyl adjacent to an activating group) is 1. The Hall–Kier alpha value is -1.82. The van der Waals surface area contributed by atoms with E-state index >= 15 is 0 Å². The lowest BCUT2D eigenvalue weighted by atomic mass is 10.4. The Morgan fingerprint density at radius 3 is 2.33 bits per heavy atom. The van der Waals surface area contributed by atoms with Crippen LogP contribution in [0.15, 0.2) is 21.7 Å². The number of thiophene rings is 1. The maximum atomic E-state index is 12.4. The number of nitrogens with one attached hydrogen (secondary N) is 1. The molecular formula is C13H17N4O5S2+. The Balaban J connectivity index is 1.61. The third kappa shape index (κ3) is 2.83. The second kappa shape index (κ2) is 6.24. The van der Waals surface area contributed by atoms with Crippen molar-refractivity contribution in [1.29, 1.82) is 0 Å². The van der Waals surface area contributed by atoms with Crippen LogP contribution in [-0.4, -0.2) is 80.3 Å². The Kier molecular flexibility index (Phi) is 4.42. The first-order valence-electron chi connectivity index (χ1n) is 7.33. The number of amides is 4. The van der Waals surface area contributed by atoms with E-state index < -0.39 is 27.9 Å². The minimum Gasteiger partial charge on any atom is -0.315 e. The molecule has 0 atom stereocenters. The maximum absolute atomic E-state index is 12.4. The van der Waals surface area contributed by atoms with Gasteiger partial charge in [0.25, 0.3) is 10.0 Å². The van der Waals surface area contributed by atoms with Crippen LogP contribution in [-0.2, 0) is 19.6 Å². The molecule has 130 valence electrons. The van der Waals surface area contributed by atoms with Crippen LogP contribution in [0.2, 0.25) is 0 Å². The summed E-state index contributed by atoms with van der Waals surface area (Å²) < 4.78 is 26.6. The number of imide groups is 2. The molecule has 2 fully saturated rings. The number of piperazine rings is 1. The van der Waals surface area contributed by atoms with Gasteiger partial charge in [-0.05, 0) is 11.4 Å². The van der Waals surface area contributed by atoms with Crippen LogP contribution in [0.4, 0.5) is 4.79 Å². The van der Waals surface area contributed by atoms with Crippen molar-refractivity contribution in [2.45, 2.75) is 4.21 Å². The average Bonchev–Trinajstić information content (AvgIpc) is 3.17. The lowest BCUT2D eigenvalue weighted by Gasteiger charge is -2.32. The van der Waals surface area contributed by atoms with Gasteiger partial charge in [-0.25, -0.2) is 18.1 Å². The molecule has 9 nitrogen and oxygen atoms in total. The summed E-state index contributed by atoms with van der Waals surface area (Å²) in [5, 5.41) is 1.71. The molecule has 1 aromatic rings. The molecule has 0 saturated carbocycles. The fourth-order valence-corrected chi connectivity index (χ4v) is 5.30. The Morgan fingerprint density at radius 1 is 1.17 bits per heavy atom. The topological polar surface area (TPSA) is 99.5 Å². The number of hydrogen-bond donors (Lipinski definition) is 1. The lowest BCUT2D eigenvalue weighted by Crippen LogP contribution is -3.16. The summed E-state index contributed by atoms with van der Waals surface area (Å²) in [6, 6.07) is 2.63. The van der Waals surface area contributed by atoms with Gasteiger partial charge in [0, 0.05) is 7.05 Å². The Bertz CT molecular complexity index is 768. The fraction of sp³-hybridized carbons (Fsp3) is 0.462. The van der Waals surface area contributed by atoms with Crippen LogP contribution in [0, 0.1) is 0 Å². The number of nitrogens with zero attached hydrogens (tertiary/aromatic N) is 3. The van der Waals surface area contributed by atoms with E-state index in [9.17, 15) is 22.8 Å². The third-order valence-electron chi connectivity index (χ3n) is 4.15. The molecule has 3 heterocycles. The normalized spacial score (nSPS) is 21.1. The number of hydrogen-bond acceptors (Lipinski definition) is 6. The Morgan fingerprint density at radius 2 is 1.83 bits per heavy atom. The number of urea groups is 1. The van der Waals surface area contributed by atoms with E-state index in [1.165, 1.54) is 22.7 Å². The van der Waals surface area contributed by atoms with E-state index in [-0.39, 0.29) is 6.67 Å². The van der Waals surface area contributed by atoms with Crippen LogP contribution in [0.5, 0.6) is 0 Å². The Labute approximate surface area is 143 Å². The predicted octanol–water partition coefficient (Wildman–Crippen LogP) is -1.98. The molecule has 3 rings (SSSR count). The average molecular weight is 373 g/mol. The van der Waals surface area contributed by atoms with Gasteiger partial charge in [0.1, 0.15) is 4.21 Å². The van der Waals surface area contributed by atoms with E-state index in [1.807, 2.05) is 0 Å². The smallest absolute Gasteiger partial charge is 0.315 e. The number of carbonyl (C=O) groups is 3. The van der Waals surface area contributed by atoms with Gasteiger partial charge in [0.15, 0.2) is 6.67 Å². The number of carbonyl (C=O) groups excluding carboxylic acids is 3. The molecule has 0 spiro atoms. The van der Waals surface area contributed by atoms with Crippen molar-refractivity contribution in [2.24, 2.45) is 0 Å². The van der Waals surface area contributed by atoms with Crippen molar-refractivity contribution in [3.63, 3.8) is 0 Å². The van der Waals surface area contributed by atoms with Crippen LogP contribution in [0.25, 0.3) is 0 Å². The first-order chi connectivity index (χ1) is 11.3. The van der Waals surface area contributed by atoms with Gasteiger partial charge in [-0.3, -0.25) is 14.5 Å². The monoisotopic (exact) mass is 373 g/mol. The number of quaternary nitrogens is 1. The number of rotatable bonds is 4. The molecule has 1 aromatic heterocycles. The largest absolute Gasteiger partial charge is 0.338 e. The minimum atomic E-state index is -3.48. The molecular weight excluding hydrogens is 356 g/mol. The minimum absolute atomic E-state index is 0.0701. The molecule has 0 aliphatic carbocycles. The zero-order chi connectivity index (χ0) is 17.5. The van der Waals surface area contributed by atoms with Gasteiger partial charge in [-0.2, -0.15) is 4.31 Å². The summed E-state index contributed by atoms with van der Waals surface area (Å²) >= 11 is 1.17. The van der Waals surface area contributed by atoms with Crippen LogP contribution in [0.3, 0.4) is 0 Å². The second-order valence-corrected chi connectivity index (χ2v) is 8.74. The number of sulfonamides is 1. The lowest BCUT2D eigenvalue weighted by molar-refractivity contribution is -0.910.